The lowest BCUT2D eigenvalue weighted by Crippen LogP contribution is -2.28. The van der Waals surface area contributed by atoms with Gasteiger partial charge in [0, 0.05) is 12.1 Å². The Bertz CT molecular complexity index is 354. The van der Waals surface area contributed by atoms with Gasteiger partial charge in [-0.15, -0.1) is 0 Å². The second-order valence-electron chi connectivity index (χ2n) is 4.18. The number of hydrogen-bond acceptors (Lipinski definition) is 4. The number of aliphatic hydroxyl groups excluding tert-OH is 1. The Morgan fingerprint density at radius 1 is 1.53 bits per heavy atom. The summed E-state index contributed by atoms with van der Waals surface area (Å²) in [4.78, 5) is 11.6. The van der Waals surface area contributed by atoms with Gasteiger partial charge in [-0.25, -0.2) is 0 Å². The van der Waals surface area contributed by atoms with E-state index in [0.717, 1.165) is 11.3 Å². The smallest absolute Gasteiger partial charge is 0.224 e. The molecule has 1 atom stereocenters. The lowest BCUT2D eigenvalue weighted by atomic mass is 10.1. The van der Waals surface area contributed by atoms with Crippen molar-refractivity contribution in [1.82, 2.24) is 10.5 Å². The molecule has 0 aliphatic rings. The predicted molar refractivity (Wildman–Crippen MR) is 63.6 cm³/mol. The molecule has 0 spiro atoms. The third-order valence-electron chi connectivity index (χ3n) is 2.79. The summed E-state index contributed by atoms with van der Waals surface area (Å²) >= 11 is 0. The molecule has 1 rings (SSSR count). The summed E-state index contributed by atoms with van der Waals surface area (Å²) in [5.41, 5.74) is 1.60. The van der Waals surface area contributed by atoms with Gasteiger partial charge in [-0.1, -0.05) is 12.1 Å². The van der Waals surface area contributed by atoms with Crippen molar-refractivity contribution in [1.29, 1.82) is 0 Å². The Balaban J connectivity index is 2.35. The van der Waals surface area contributed by atoms with Crippen LogP contribution in [0.2, 0.25) is 0 Å². The first kappa shape index (κ1) is 13.7. The molecule has 0 aromatic carbocycles. The molecule has 1 aromatic heterocycles. The molecule has 1 amide bonds. The Labute approximate surface area is 101 Å². The monoisotopic (exact) mass is 240 g/mol. The highest BCUT2D eigenvalue weighted by Gasteiger charge is 2.13. The minimum Gasteiger partial charge on any atom is -0.393 e. The van der Waals surface area contributed by atoms with E-state index in [1.165, 1.54) is 0 Å². The normalized spacial score (nSPS) is 12.5. The van der Waals surface area contributed by atoms with Crippen molar-refractivity contribution in [3.05, 3.63) is 17.0 Å². The number of aliphatic hydroxyl groups is 1. The van der Waals surface area contributed by atoms with Crippen LogP contribution in [0.1, 0.15) is 36.8 Å². The quantitative estimate of drug-likeness (QED) is 0.781. The van der Waals surface area contributed by atoms with Gasteiger partial charge in [0.05, 0.1) is 18.2 Å². The SMILES string of the molecule is CCC(O)CCNC(=O)Cc1c(C)noc1C. The summed E-state index contributed by atoms with van der Waals surface area (Å²) in [6.45, 7) is 6.02. The van der Waals surface area contributed by atoms with Crippen molar-refractivity contribution in [2.45, 2.75) is 46.1 Å². The van der Waals surface area contributed by atoms with Gasteiger partial charge in [0.1, 0.15) is 5.76 Å². The van der Waals surface area contributed by atoms with Crippen molar-refractivity contribution >= 4 is 5.91 Å². The van der Waals surface area contributed by atoms with Gasteiger partial charge in [0.2, 0.25) is 5.91 Å². The van der Waals surface area contributed by atoms with Crippen LogP contribution in [0.4, 0.5) is 0 Å². The van der Waals surface area contributed by atoms with Gasteiger partial charge in [0.15, 0.2) is 0 Å². The summed E-state index contributed by atoms with van der Waals surface area (Å²) < 4.78 is 4.99. The van der Waals surface area contributed by atoms with Gasteiger partial charge < -0.3 is 14.9 Å². The third-order valence-corrected chi connectivity index (χ3v) is 2.79. The van der Waals surface area contributed by atoms with E-state index >= 15 is 0 Å². The first-order valence-corrected chi connectivity index (χ1v) is 5.91. The Hall–Kier alpha value is -1.36. The fourth-order valence-electron chi connectivity index (χ4n) is 1.56. The summed E-state index contributed by atoms with van der Waals surface area (Å²) in [5.74, 6) is 0.619. The van der Waals surface area contributed by atoms with Crippen molar-refractivity contribution in [2.24, 2.45) is 0 Å². The maximum atomic E-state index is 11.6. The van der Waals surface area contributed by atoms with Gasteiger partial charge in [-0.05, 0) is 26.7 Å². The molecule has 0 radical (unpaired) electrons. The highest BCUT2D eigenvalue weighted by Crippen LogP contribution is 2.12. The number of carbonyl (C=O) groups excluding carboxylic acids is 1. The van der Waals surface area contributed by atoms with Crippen LogP contribution in [0.3, 0.4) is 0 Å². The third kappa shape index (κ3) is 4.19. The number of aromatic nitrogens is 1. The topological polar surface area (TPSA) is 75.4 Å². The molecule has 0 saturated carbocycles. The number of nitrogens with one attached hydrogen (secondary N) is 1. The maximum absolute atomic E-state index is 11.6. The second kappa shape index (κ2) is 6.39. The van der Waals surface area contributed by atoms with Crippen LogP contribution in [-0.2, 0) is 11.2 Å². The van der Waals surface area contributed by atoms with Crippen molar-refractivity contribution in [2.75, 3.05) is 6.54 Å². The van der Waals surface area contributed by atoms with Crippen molar-refractivity contribution < 1.29 is 14.4 Å². The van der Waals surface area contributed by atoms with Crippen LogP contribution in [-0.4, -0.2) is 28.8 Å². The summed E-state index contributed by atoms with van der Waals surface area (Å²) in [5, 5.41) is 15.9. The molecule has 1 aromatic rings. The zero-order valence-corrected chi connectivity index (χ0v) is 10.6. The minimum absolute atomic E-state index is 0.0669. The van der Waals surface area contributed by atoms with Crippen LogP contribution in [0.25, 0.3) is 0 Å². The number of rotatable bonds is 6. The second-order valence-corrected chi connectivity index (χ2v) is 4.18. The zero-order chi connectivity index (χ0) is 12.8. The molecule has 1 unspecified atom stereocenters. The number of amides is 1. The average Bonchev–Trinajstić information content (AvgIpc) is 2.60. The van der Waals surface area contributed by atoms with Crippen molar-refractivity contribution in [3.8, 4) is 0 Å². The minimum atomic E-state index is -0.339. The molecule has 0 aliphatic heterocycles. The predicted octanol–water partition coefficient (Wildman–Crippen LogP) is 1.11. The Kier molecular flexibility index (Phi) is 5.15. The van der Waals surface area contributed by atoms with E-state index in [4.69, 9.17) is 4.52 Å². The van der Waals surface area contributed by atoms with Crippen LogP contribution >= 0.6 is 0 Å². The molecular formula is C12H20N2O3. The highest BCUT2D eigenvalue weighted by molar-refractivity contribution is 5.78. The molecule has 2 N–H and O–H groups in total. The Morgan fingerprint density at radius 3 is 2.76 bits per heavy atom. The Morgan fingerprint density at radius 2 is 2.24 bits per heavy atom. The lowest BCUT2D eigenvalue weighted by molar-refractivity contribution is -0.120. The lowest BCUT2D eigenvalue weighted by Gasteiger charge is -2.08. The standard InChI is InChI=1S/C12H20N2O3/c1-4-10(15)5-6-13-12(16)7-11-8(2)14-17-9(11)3/h10,15H,4-7H2,1-3H3,(H,13,16). The van der Waals surface area contributed by atoms with E-state index < -0.39 is 0 Å². The van der Waals surface area contributed by atoms with Gasteiger partial charge >= 0.3 is 0 Å². The largest absolute Gasteiger partial charge is 0.393 e. The van der Waals surface area contributed by atoms with Gasteiger partial charge in [-0.3, -0.25) is 4.79 Å². The maximum Gasteiger partial charge on any atom is 0.224 e. The average molecular weight is 240 g/mol. The molecule has 0 saturated heterocycles. The van der Waals surface area contributed by atoms with E-state index in [1.54, 1.807) is 6.92 Å². The molecule has 96 valence electrons. The van der Waals surface area contributed by atoms with E-state index in [0.29, 0.717) is 25.1 Å². The molecule has 5 nitrogen and oxygen atoms in total. The van der Waals surface area contributed by atoms with E-state index in [9.17, 15) is 9.90 Å². The van der Waals surface area contributed by atoms with Crippen LogP contribution in [0.5, 0.6) is 0 Å². The number of carbonyl (C=O) groups is 1. The van der Waals surface area contributed by atoms with Crippen molar-refractivity contribution in [3.63, 3.8) is 0 Å². The zero-order valence-electron chi connectivity index (χ0n) is 10.6. The molecule has 1 heterocycles. The molecule has 0 bridgehead atoms. The molecule has 17 heavy (non-hydrogen) atoms. The van der Waals surface area contributed by atoms with Crippen LogP contribution in [0, 0.1) is 13.8 Å². The summed E-state index contributed by atoms with van der Waals surface area (Å²) in [7, 11) is 0. The first-order chi connectivity index (χ1) is 8.04. The molecule has 0 aliphatic carbocycles. The molecular weight excluding hydrogens is 220 g/mol. The van der Waals surface area contributed by atoms with E-state index in [2.05, 4.69) is 10.5 Å². The number of hydrogen-bond donors (Lipinski definition) is 2. The fraction of sp³-hybridized carbons (Fsp3) is 0.667. The summed E-state index contributed by atoms with van der Waals surface area (Å²) in [6.07, 6.45) is 1.24. The summed E-state index contributed by atoms with van der Waals surface area (Å²) in [6, 6.07) is 0. The number of nitrogens with zero attached hydrogens (tertiary/aromatic N) is 1. The first-order valence-electron chi connectivity index (χ1n) is 5.91. The van der Waals surface area contributed by atoms with Gasteiger partial charge in [-0.2, -0.15) is 0 Å². The highest BCUT2D eigenvalue weighted by atomic mass is 16.5. The number of aryl methyl sites for hydroxylation is 2. The van der Waals surface area contributed by atoms with Crippen LogP contribution in [0.15, 0.2) is 4.52 Å². The fourth-order valence-corrected chi connectivity index (χ4v) is 1.56. The van der Waals surface area contributed by atoms with Gasteiger partial charge in [0.25, 0.3) is 0 Å². The van der Waals surface area contributed by atoms with Crippen LogP contribution < -0.4 is 5.32 Å². The van der Waals surface area contributed by atoms with E-state index in [-0.39, 0.29) is 18.4 Å². The molecule has 0 fully saturated rings. The molecule has 5 heteroatoms. The van der Waals surface area contributed by atoms with E-state index in [1.807, 2.05) is 13.8 Å².